The molecule has 2 aromatic rings. The van der Waals surface area contributed by atoms with Crippen molar-refractivity contribution in [1.29, 1.82) is 0 Å². The number of rotatable bonds is 0. The van der Waals surface area contributed by atoms with Gasteiger partial charge in [-0.25, -0.2) is 0 Å². The van der Waals surface area contributed by atoms with Gasteiger partial charge < -0.3 is 4.74 Å². The zero-order valence-corrected chi connectivity index (χ0v) is 8.83. The molecular weight excluding hydrogens is 206 g/mol. The summed E-state index contributed by atoms with van der Waals surface area (Å²) >= 11 is -0.365. The van der Waals surface area contributed by atoms with Crippen LogP contribution in [0.4, 0.5) is 0 Å². The molecule has 1 heterocycles. The van der Waals surface area contributed by atoms with Gasteiger partial charge in [0.05, 0.1) is 0 Å². The zero-order chi connectivity index (χ0) is 10.3. The summed E-state index contributed by atoms with van der Waals surface area (Å²) in [5.41, 5.74) is 0. The van der Waals surface area contributed by atoms with Crippen molar-refractivity contribution in [3.63, 3.8) is 0 Å². The topological polar surface area (TPSA) is 35.2 Å². The lowest BCUT2D eigenvalue weighted by molar-refractivity contribution is 0.453. The first-order chi connectivity index (χ1) is 7.36. The monoisotopic (exact) mass is 216 g/mol. The van der Waals surface area contributed by atoms with Gasteiger partial charge in [-0.15, -0.1) is 5.14 Å². The molecule has 15 heavy (non-hydrogen) atoms. The van der Waals surface area contributed by atoms with Gasteiger partial charge in [0, 0.05) is 0 Å². The van der Waals surface area contributed by atoms with E-state index in [2.05, 4.69) is 0 Å². The summed E-state index contributed by atoms with van der Waals surface area (Å²) in [6.07, 6.45) is 0. The highest BCUT2D eigenvalue weighted by Gasteiger charge is 2.33. The first-order valence-electron chi connectivity index (χ1n) is 4.71. The van der Waals surface area contributed by atoms with Crippen LogP contribution in [-0.4, -0.2) is 0 Å². The molecule has 2 aromatic carbocycles. The summed E-state index contributed by atoms with van der Waals surface area (Å²) < 4.78 is 5.77. The minimum Gasteiger partial charge on any atom is -0.447 e. The Morgan fingerprint density at radius 2 is 1.27 bits per heavy atom. The second-order valence-corrected chi connectivity index (χ2v) is 4.89. The molecule has 1 aliphatic heterocycles. The van der Waals surface area contributed by atoms with Crippen molar-refractivity contribution in [2.45, 2.75) is 9.79 Å². The van der Waals surface area contributed by atoms with Gasteiger partial charge in [0.15, 0.2) is 22.6 Å². The molecule has 0 spiro atoms. The first-order valence-corrected chi connectivity index (χ1v) is 5.99. The Morgan fingerprint density at radius 1 is 0.800 bits per heavy atom. The summed E-state index contributed by atoms with van der Waals surface area (Å²) in [4.78, 5) is 2.16. The van der Waals surface area contributed by atoms with Crippen LogP contribution < -0.4 is 9.88 Å². The molecule has 3 rings (SSSR count). The summed E-state index contributed by atoms with van der Waals surface area (Å²) in [6, 6.07) is 15.9. The fourth-order valence-electron chi connectivity index (χ4n) is 1.67. The van der Waals surface area contributed by atoms with Crippen LogP contribution in [0.2, 0.25) is 0 Å². The van der Waals surface area contributed by atoms with E-state index in [-0.39, 0.29) is 11.1 Å². The van der Waals surface area contributed by atoms with Gasteiger partial charge in [-0.1, -0.05) is 24.3 Å². The van der Waals surface area contributed by atoms with E-state index in [0.717, 1.165) is 21.3 Å². The van der Waals surface area contributed by atoms with Crippen molar-refractivity contribution < 1.29 is 4.74 Å². The third-order valence-corrected chi connectivity index (χ3v) is 4.01. The maximum absolute atomic E-state index is 6.21. The summed E-state index contributed by atoms with van der Waals surface area (Å²) in [6.45, 7) is 0. The maximum Gasteiger partial charge on any atom is 0.224 e. The van der Waals surface area contributed by atoms with Gasteiger partial charge in [-0.05, 0) is 24.3 Å². The predicted molar refractivity (Wildman–Crippen MR) is 61.0 cm³/mol. The van der Waals surface area contributed by atoms with E-state index >= 15 is 0 Å². The molecule has 74 valence electrons. The van der Waals surface area contributed by atoms with E-state index in [1.165, 1.54) is 0 Å². The van der Waals surface area contributed by atoms with Crippen molar-refractivity contribution in [1.82, 2.24) is 0 Å². The molecule has 0 amide bonds. The summed E-state index contributed by atoms with van der Waals surface area (Å²) in [7, 11) is 0. The van der Waals surface area contributed by atoms with Gasteiger partial charge in [0.25, 0.3) is 0 Å². The molecule has 0 aromatic heterocycles. The van der Waals surface area contributed by atoms with Crippen LogP contribution in [0, 0.1) is 0 Å². The zero-order valence-electron chi connectivity index (χ0n) is 8.01. The molecule has 0 saturated heterocycles. The molecule has 0 atom stereocenters. The van der Waals surface area contributed by atoms with Crippen molar-refractivity contribution in [3.05, 3.63) is 48.5 Å². The average molecular weight is 216 g/mol. The lowest BCUT2D eigenvalue weighted by atomic mass is 10.3. The maximum atomic E-state index is 6.21. The highest BCUT2D eigenvalue weighted by atomic mass is 32.2. The Bertz CT molecular complexity index is 467. The first kappa shape index (κ1) is 8.83. The van der Waals surface area contributed by atoms with E-state index in [4.69, 9.17) is 9.88 Å². The van der Waals surface area contributed by atoms with Crippen LogP contribution in [-0.2, 0) is 11.1 Å². The number of ether oxygens (including phenoxy) is 1. The highest BCUT2D eigenvalue weighted by Crippen LogP contribution is 2.40. The van der Waals surface area contributed by atoms with Crippen LogP contribution in [0.25, 0.3) is 0 Å². The number of para-hydroxylation sites is 2. The molecule has 0 fully saturated rings. The number of fused-ring (bicyclic) bond motifs is 2. The fourth-order valence-corrected chi connectivity index (χ4v) is 3.01. The van der Waals surface area contributed by atoms with Crippen molar-refractivity contribution in [2.75, 3.05) is 0 Å². The Morgan fingerprint density at radius 3 is 1.80 bits per heavy atom. The van der Waals surface area contributed by atoms with Gasteiger partial charge in [-0.3, -0.25) is 0 Å². The Balaban J connectivity index is 2.20. The van der Waals surface area contributed by atoms with Crippen molar-refractivity contribution >= 4 is 11.1 Å². The Hall–Kier alpha value is -1.45. The second kappa shape index (κ2) is 3.29. The molecule has 0 radical (unpaired) electrons. The third-order valence-electron chi connectivity index (χ3n) is 2.39. The molecule has 3 heteroatoms. The van der Waals surface area contributed by atoms with E-state index in [1.54, 1.807) is 0 Å². The molecular formula is C12H10NOS+. The molecule has 0 bridgehead atoms. The minimum absolute atomic E-state index is 0.365. The lowest BCUT2D eigenvalue weighted by Crippen LogP contribution is -2.19. The van der Waals surface area contributed by atoms with Gasteiger partial charge in [-0.2, -0.15) is 0 Å². The van der Waals surface area contributed by atoms with Crippen molar-refractivity contribution in [2.24, 2.45) is 5.14 Å². The average Bonchev–Trinajstić information content (AvgIpc) is 2.30. The quantitative estimate of drug-likeness (QED) is 0.687. The lowest BCUT2D eigenvalue weighted by Gasteiger charge is -2.16. The normalized spacial score (nSPS) is 13.9. The molecule has 1 aliphatic rings. The number of nitrogens with two attached hydrogens (primary N) is 1. The smallest absolute Gasteiger partial charge is 0.224 e. The van der Waals surface area contributed by atoms with Crippen LogP contribution in [0.3, 0.4) is 0 Å². The van der Waals surface area contributed by atoms with E-state index < -0.39 is 0 Å². The fraction of sp³-hybridized carbons (Fsp3) is 0. The molecule has 2 N–H and O–H groups in total. The van der Waals surface area contributed by atoms with Gasteiger partial charge in [0.2, 0.25) is 9.79 Å². The Labute approximate surface area is 91.2 Å². The molecule has 0 saturated carbocycles. The van der Waals surface area contributed by atoms with E-state index in [1.807, 2.05) is 48.5 Å². The highest BCUT2D eigenvalue weighted by molar-refractivity contribution is 7.95. The standard InChI is InChI=1S/C12H10NOS/c13-15-11-7-3-1-5-9(11)14-10-6-2-4-8-12(10)15/h1-8H,13H2/q+1. The van der Waals surface area contributed by atoms with Crippen molar-refractivity contribution in [3.8, 4) is 11.5 Å². The summed E-state index contributed by atoms with van der Waals surface area (Å²) in [5.74, 6) is 1.75. The second-order valence-electron chi connectivity index (χ2n) is 3.33. The van der Waals surface area contributed by atoms with Gasteiger partial charge in [0.1, 0.15) is 0 Å². The van der Waals surface area contributed by atoms with E-state index in [0.29, 0.717) is 0 Å². The SMILES string of the molecule is N[S+]1c2ccccc2Oc2ccccc21. The van der Waals surface area contributed by atoms with Crippen LogP contribution in [0.1, 0.15) is 0 Å². The predicted octanol–water partition coefficient (Wildman–Crippen LogP) is 2.70. The third kappa shape index (κ3) is 1.32. The van der Waals surface area contributed by atoms with Crippen LogP contribution in [0.15, 0.2) is 58.3 Å². The molecule has 0 aliphatic carbocycles. The van der Waals surface area contributed by atoms with Crippen LogP contribution in [0.5, 0.6) is 11.5 Å². The molecule has 0 unspecified atom stereocenters. The number of hydrogen-bond donors (Lipinski definition) is 1. The van der Waals surface area contributed by atoms with Crippen LogP contribution >= 0.6 is 0 Å². The Kier molecular flexibility index (Phi) is 1.94. The van der Waals surface area contributed by atoms with E-state index in [9.17, 15) is 0 Å². The number of hydrogen-bond acceptors (Lipinski definition) is 2. The molecule has 2 nitrogen and oxygen atoms in total. The van der Waals surface area contributed by atoms with Gasteiger partial charge >= 0.3 is 0 Å². The number of benzene rings is 2. The minimum atomic E-state index is -0.365. The summed E-state index contributed by atoms with van der Waals surface area (Å²) in [5, 5.41) is 6.21. The largest absolute Gasteiger partial charge is 0.447 e.